The second-order valence-electron chi connectivity index (χ2n) is 5.67. The van der Waals surface area contributed by atoms with Crippen molar-refractivity contribution in [1.29, 1.82) is 0 Å². The number of hydrogen-bond donors (Lipinski definition) is 0. The number of methoxy groups -OCH3 is 1. The van der Waals surface area contributed by atoms with Crippen LogP contribution in [0.2, 0.25) is 0 Å². The summed E-state index contributed by atoms with van der Waals surface area (Å²) in [7, 11) is 1.37. The van der Waals surface area contributed by atoms with Crippen LogP contribution in [-0.2, 0) is 28.9 Å². The zero-order valence-electron chi connectivity index (χ0n) is 13.5. The number of hydrogen-bond acceptors (Lipinski definition) is 6. The lowest BCUT2D eigenvalue weighted by molar-refractivity contribution is -0.139. The minimum Gasteiger partial charge on any atom is -0.468 e. The number of ether oxygens (including phenoxy) is 1. The van der Waals surface area contributed by atoms with Gasteiger partial charge in [-0.3, -0.25) is 14.2 Å². The average molecular weight is 352 g/mol. The number of thioether (sulfide) groups is 1. The second kappa shape index (κ2) is 6.65. The van der Waals surface area contributed by atoms with Crippen LogP contribution in [0.3, 0.4) is 0 Å². The number of fused-ring (bicyclic) bond motifs is 3. The van der Waals surface area contributed by atoms with Crippen molar-refractivity contribution in [3.05, 3.63) is 20.8 Å². The standard InChI is InChI=1S/C16H20N2O3S2/c1-4-8-18-14(19)12-10-6-5-7-11(10)23-13(12)17-16(18)22-9(2)15(20)21-3/h9H,4-8H2,1-3H3. The normalized spacial score (nSPS) is 14.9. The quantitative estimate of drug-likeness (QED) is 0.470. The number of rotatable bonds is 5. The van der Waals surface area contributed by atoms with E-state index in [2.05, 4.69) is 0 Å². The maximum Gasteiger partial charge on any atom is 0.318 e. The van der Waals surface area contributed by atoms with Gasteiger partial charge in [-0.25, -0.2) is 4.98 Å². The van der Waals surface area contributed by atoms with Gasteiger partial charge in [0, 0.05) is 11.4 Å². The van der Waals surface area contributed by atoms with Crippen molar-refractivity contribution in [1.82, 2.24) is 9.55 Å². The van der Waals surface area contributed by atoms with E-state index < -0.39 is 0 Å². The molecule has 1 aliphatic rings. The van der Waals surface area contributed by atoms with Gasteiger partial charge in [0.05, 0.1) is 12.5 Å². The number of carbonyl (C=O) groups excluding carboxylic acids is 1. The van der Waals surface area contributed by atoms with Gasteiger partial charge in [0.2, 0.25) is 0 Å². The fraction of sp³-hybridized carbons (Fsp3) is 0.562. The van der Waals surface area contributed by atoms with Crippen LogP contribution in [0.15, 0.2) is 9.95 Å². The van der Waals surface area contributed by atoms with Crippen LogP contribution in [0.25, 0.3) is 10.2 Å². The molecule has 5 nitrogen and oxygen atoms in total. The number of thiophene rings is 1. The number of carbonyl (C=O) groups is 1. The summed E-state index contributed by atoms with van der Waals surface area (Å²) >= 11 is 2.93. The molecule has 1 aliphatic carbocycles. The highest BCUT2D eigenvalue weighted by Crippen LogP contribution is 2.36. The van der Waals surface area contributed by atoms with Crippen LogP contribution in [0.1, 0.15) is 37.1 Å². The smallest absolute Gasteiger partial charge is 0.318 e. The lowest BCUT2D eigenvalue weighted by Crippen LogP contribution is -2.25. The molecule has 124 valence electrons. The zero-order chi connectivity index (χ0) is 16.6. The monoisotopic (exact) mass is 352 g/mol. The first kappa shape index (κ1) is 16.5. The van der Waals surface area contributed by atoms with Gasteiger partial charge in [-0.1, -0.05) is 18.7 Å². The van der Waals surface area contributed by atoms with E-state index in [-0.39, 0.29) is 16.8 Å². The number of nitrogens with zero attached hydrogens (tertiary/aromatic N) is 2. The lowest BCUT2D eigenvalue weighted by Gasteiger charge is -2.14. The van der Waals surface area contributed by atoms with E-state index in [1.54, 1.807) is 22.8 Å². The summed E-state index contributed by atoms with van der Waals surface area (Å²) in [6.07, 6.45) is 3.99. The Balaban J connectivity index is 2.11. The Labute approximate surface area is 143 Å². The molecule has 0 fully saturated rings. The van der Waals surface area contributed by atoms with Crippen LogP contribution in [0.4, 0.5) is 0 Å². The topological polar surface area (TPSA) is 61.2 Å². The molecular weight excluding hydrogens is 332 g/mol. The third-order valence-corrected chi connectivity index (χ3v) is 6.31. The average Bonchev–Trinajstić information content (AvgIpc) is 3.10. The van der Waals surface area contributed by atoms with E-state index in [0.717, 1.165) is 35.9 Å². The minimum absolute atomic E-state index is 0.0378. The van der Waals surface area contributed by atoms with Gasteiger partial charge in [-0.15, -0.1) is 11.3 Å². The first-order valence-electron chi connectivity index (χ1n) is 7.86. The Bertz CT molecular complexity index is 810. The Morgan fingerprint density at radius 1 is 1.48 bits per heavy atom. The molecule has 0 aromatic carbocycles. The highest BCUT2D eigenvalue weighted by Gasteiger charge is 2.25. The van der Waals surface area contributed by atoms with Crippen molar-refractivity contribution in [2.75, 3.05) is 7.11 Å². The Hall–Kier alpha value is -1.34. The first-order chi connectivity index (χ1) is 11.1. The molecule has 23 heavy (non-hydrogen) atoms. The molecule has 0 spiro atoms. The fourth-order valence-corrected chi connectivity index (χ4v) is 5.20. The summed E-state index contributed by atoms with van der Waals surface area (Å²) in [4.78, 5) is 31.5. The Morgan fingerprint density at radius 2 is 2.26 bits per heavy atom. The van der Waals surface area contributed by atoms with E-state index in [4.69, 9.17) is 9.72 Å². The first-order valence-corrected chi connectivity index (χ1v) is 9.56. The van der Waals surface area contributed by atoms with E-state index in [9.17, 15) is 9.59 Å². The molecule has 1 atom stereocenters. The minimum atomic E-state index is -0.390. The molecule has 0 radical (unpaired) electrons. The molecule has 0 amide bonds. The van der Waals surface area contributed by atoms with Gasteiger partial charge in [-0.2, -0.15) is 0 Å². The molecule has 3 rings (SSSR count). The third-order valence-electron chi connectivity index (χ3n) is 4.05. The van der Waals surface area contributed by atoms with Crippen molar-refractivity contribution in [2.45, 2.75) is 56.5 Å². The highest BCUT2D eigenvalue weighted by molar-refractivity contribution is 8.00. The van der Waals surface area contributed by atoms with Gasteiger partial charge < -0.3 is 4.74 Å². The zero-order valence-corrected chi connectivity index (χ0v) is 15.2. The molecule has 0 N–H and O–H groups in total. The maximum absolute atomic E-state index is 13.0. The maximum atomic E-state index is 13.0. The van der Waals surface area contributed by atoms with Crippen molar-refractivity contribution < 1.29 is 9.53 Å². The number of aryl methyl sites for hydroxylation is 2. The van der Waals surface area contributed by atoms with Gasteiger partial charge in [0.15, 0.2) is 5.16 Å². The summed E-state index contributed by atoms with van der Waals surface area (Å²) in [5.41, 5.74) is 1.24. The van der Waals surface area contributed by atoms with Crippen LogP contribution >= 0.6 is 23.1 Å². The van der Waals surface area contributed by atoms with Crippen LogP contribution in [0, 0.1) is 0 Å². The van der Waals surface area contributed by atoms with E-state index in [1.807, 2.05) is 6.92 Å². The van der Waals surface area contributed by atoms with Crippen LogP contribution < -0.4 is 5.56 Å². The van der Waals surface area contributed by atoms with Crippen LogP contribution in [-0.4, -0.2) is 27.9 Å². The summed E-state index contributed by atoms with van der Waals surface area (Å²) < 4.78 is 6.50. The van der Waals surface area contributed by atoms with Crippen molar-refractivity contribution in [2.24, 2.45) is 0 Å². The molecule has 2 heterocycles. The summed E-state index contributed by atoms with van der Waals surface area (Å²) in [6.45, 7) is 4.42. The summed E-state index contributed by atoms with van der Waals surface area (Å²) in [6, 6.07) is 0. The molecule has 2 aromatic heterocycles. The van der Waals surface area contributed by atoms with E-state index in [1.165, 1.54) is 29.3 Å². The van der Waals surface area contributed by atoms with Crippen molar-refractivity contribution >= 4 is 39.3 Å². The SMILES string of the molecule is CCCn1c(SC(C)C(=O)OC)nc2sc3c(c2c1=O)CCC3. The molecule has 0 bridgehead atoms. The predicted molar refractivity (Wildman–Crippen MR) is 93.5 cm³/mol. The largest absolute Gasteiger partial charge is 0.468 e. The third kappa shape index (κ3) is 2.92. The van der Waals surface area contributed by atoms with Gasteiger partial charge in [0.1, 0.15) is 10.1 Å². The number of esters is 1. The highest BCUT2D eigenvalue weighted by atomic mass is 32.2. The Kier molecular flexibility index (Phi) is 4.77. The fourth-order valence-electron chi connectivity index (χ4n) is 2.94. The molecule has 0 saturated heterocycles. The Morgan fingerprint density at radius 3 is 2.96 bits per heavy atom. The summed E-state index contributed by atoms with van der Waals surface area (Å²) in [5.74, 6) is -0.305. The summed E-state index contributed by atoms with van der Waals surface area (Å²) in [5, 5.41) is 1.02. The number of aromatic nitrogens is 2. The molecular formula is C16H20N2O3S2. The second-order valence-corrected chi connectivity index (χ2v) is 8.06. The van der Waals surface area contributed by atoms with Crippen molar-refractivity contribution in [3.8, 4) is 0 Å². The molecule has 7 heteroatoms. The molecule has 0 aliphatic heterocycles. The van der Waals surface area contributed by atoms with Crippen LogP contribution in [0.5, 0.6) is 0 Å². The van der Waals surface area contributed by atoms with E-state index in [0.29, 0.717) is 11.7 Å². The molecule has 2 aromatic rings. The van der Waals surface area contributed by atoms with Crippen molar-refractivity contribution in [3.63, 3.8) is 0 Å². The van der Waals surface area contributed by atoms with Gasteiger partial charge >= 0.3 is 5.97 Å². The molecule has 0 saturated carbocycles. The van der Waals surface area contributed by atoms with Gasteiger partial charge in [-0.05, 0) is 38.2 Å². The molecule has 1 unspecified atom stereocenters. The van der Waals surface area contributed by atoms with E-state index >= 15 is 0 Å². The van der Waals surface area contributed by atoms with Gasteiger partial charge in [0.25, 0.3) is 5.56 Å². The predicted octanol–water partition coefficient (Wildman–Crippen LogP) is 3.01. The lowest BCUT2D eigenvalue weighted by atomic mass is 10.2.